The van der Waals surface area contributed by atoms with E-state index in [9.17, 15) is 4.79 Å². The van der Waals surface area contributed by atoms with Gasteiger partial charge >= 0.3 is 0 Å². The number of rotatable bonds is 5. The second-order valence-corrected chi connectivity index (χ2v) is 3.73. The zero-order valence-corrected chi connectivity index (χ0v) is 10.1. The molecule has 0 aliphatic rings. The Morgan fingerprint density at radius 2 is 2.22 bits per heavy atom. The number of aryl methyl sites for hydroxylation is 1. The predicted molar refractivity (Wildman–Crippen MR) is 63.7 cm³/mol. The highest BCUT2D eigenvalue weighted by molar-refractivity contribution is 5.91. The molecule has 0 spiro atoms. The lowest BCUT2D eigenvalue weighted by molar-refractivity contribution is 0.0917. The van der Waals surface area contributed by atoms with Crippen molar-refractivity contribution in [3.05, 3.63) is 41.5 Å². The standard InChI is InChI=1S/C12H15N3O3/c1-2-8-6-14-11(18-8)7-15-12(16)10-4-3-9(5-13)17-10/h3-4,6H,2,5,7,13H2,1H3,(H,15,16). The van der Waals surface area contributed by atoms with Gasteiger partial charge in [0.2, 0.25) is 5.89 Å². The zero-order chi connectivity index (χ0) is 13.0. The van der Waals surface area contributed by atoms with Gasteiger partial charge in [-0.2, -0.15) is 0 Å². The van der Waals surface area contributed by atoms with Crippen molar-refractivity contribution in [2.45, 2.75) is 26.4 Å². The number of carbonyl (C=O) groups is 1. The minimum Gasteiger partial charge on any atom is -0.455 e. The predicted octanol–water partition coefficient (Wildman–Crippen LogP) is 1.22. The van der Waals surface area contributed by atoms with Gasteiger partial charge in [0.1, 0.15) is 11.5 Å². The Balaban J connectivity index is 1.91. The van der Waals surface area contributed by atoms with Crippen LogP contribution in [0.3, 0.4) is 0 Å². The fourth-order valence-electron chi connectivity index (χ4n) is 1.45. The second kappa shape index (κ2) is 5.50. The molecular weight excluding hydrogens is 234 g/mol. The number of nitrogens with zero attached hydrogens (tertiary/aromatic N) is 1. The summed E-state index contributed by atoms with van der Waals surface area (Å²) >= 11 is 0. The zero-order valence-electron chi connectivity index (χ0n) is 10.1. The van der Waals surface area contributed by atoms with Gasteiger partial charge in [0, 0.05) is 6.42 Å². The van der Waals surface area contributed by atoms with Crippen molar-refractivity contribution >= 4 is 5.91 Å². The van der Waals surface area contributed by atoms with Gasteiger partial charge in [0.05, 0.1) is 19.3 Å². The molecule has 2 aromatic rings. The molecule has 18 heavy (non-hydrogen) atoms. The first-order valence-corrected chi connectivity index (χ1v) is 5.73. The van der Waals surface area contributed by atoms with E-state index in [0.717, 1.165) is 12.2 Å². The van der Waals surface area contributed by atoms with Crippen LogP contribution in [-0.4, -0.2) is 10.9 Å². The molecule has 0 fully saturated rings. The Labute approximate surface area is 104 Å². The highest BCUT2D eigenvalue weighted by Gasteiger charge is 2.11. The van der Waals surface area contributed by atoms with E-state index in [2.05, 4.69) is 10.3 Å². The maximum absolute atomic E-state index is 11.7. The van der Waals surface area contributed by atoms with Crippen LogP contribution in [0.1, 0.15) is 34.9 Å². The average Bonchev–Trinajstić information content (AvgIpc) is 3.04. The van der Waals surface area contributed by atoms with Crippen molar-refractivity contribution in [1.82, 2.24) is 10.3 Å². The Morgan fingerprint density at radius 3 is 2.83 bits per heavy atom. The maximum atomic E-state index is 11.7. The van der Waals surface area contributed by atoms with Crippen LogP contribution in [0.4, 0.5) is 0 Å². The molecule has 0 atom stereocenters. The van der Waals surface area contributed by atoms with E-state index in [4.69, 9.17) is 14.6 Å². The molecule has 0 unspecified atom stereocenters. The van der Waals surface area contributed by atoms with Gasteiger partial charge in [-0.3, -0.25) is 4.79 Å². The molecule has 2 heterocycles. The fraction of sp³-hybridized carbons (Fsp3) is 0.333. The van der Waals surface area contributed by atoms with Crippen molar-refractivity contribution < 1.29 is 13.6 Å². The largest absolute Gasteiger partial charge is 0.455 e. The SMILES string of the molecule is CCc1cnc(CNC(=O)c2ccc(CN)o2)o1. The number of amides is 1. The fourth-order valence-corrected chi connectivity index (χ4v) is 1.45. The molecule has 1 amide bonds. The van der Waals surface area contributed by atoms with Crippen LogP contribution in [0.25, 0.3) is 0 Å². The van der Waals surface area contributed by atoms with E-state index in [0.29, 0.717) is 11.7 Å². The summed E-state index contributed by atoms with van der Waals surface area (Å²) in [6.07, 6.45) is 2.43. The minimum absolute atomic E-state index is 0.234. The van der Waals surface area contributed by atoms with E-state index in [-0.39, 0.29) is 24.8 Å². The molecule has 2 rings (SSSR count). The van der Waals surface area contributed by atoms with E-state index < -0.39 is 0 Å². The van der Waals surface area contributed by atoms with Gasteiger partial charge in [-0.15, -0.1) is 0 Å². The molecule has 6 nitrogen and oxygen atoms in total. The summed E-state index contributed by atoms with van der Waals surface area (Å²) < 4.78 is 10.6. The summed E-state index contributed by atoms with van der Waals surface area (Å²) in [5, 5.41) is 2.66. The van der Waals surface area contributed by atoms with E-state index in [1.165, 1.54) is 0 Å². The quantitative estimate of drug-likeness (QED) is 0.830. The molecule has 0 aromatic carbocycles. The summed E-state index contributed by atoms with van der Waals surface area (Å²) in [5.41, 5.74) is 5.40. The van der Waals surface area contributed by atoms with Crippen molar-refractivity contribution in [1.29, 1.82) is 0 Å². The van der Waals surface area contributed by atoms with Gasteiger partial charge in [-0.1, -0.05) is 6.92 Å². The Hall–Kier alpha value is -2.08. The monoisotopic (exact) mass is 249 g/mol. The Morgan fingerprint density at radius 1 is 1.39 bits per heavy atom. The van der Waals surface area contributed by atoms with Crippen LogP contribution in [0.5, 0.6) is 0 Å². The summed E-state index contributed by atoms with van der Waals surface area (Å²) in [5.74, 6) is 1.77. The molecule has 0 aliphatic carbocycles. The van der Waals surface area contributed by atoms with Gasteiger partial charge in [-0.25, -0.2) is 4.98 Å². The van der Waals surface area contributed by atoms with Gasteiger partial charge in [0.25, 0.3) is 5.91 Å². The number of carbonyl (C=O) groups excluding carboxylic acids is 1. The Bertz CT molecular complexity index is 530. The van der Waals surface area contributed by atoms with Crippen molar-refractivity contribution in [3.63, 3.8) is 0 Å². The van der Waals surface area contributed by atoms with Crippen molar-refractivity contribution in [2.24, 2.45) is 5.73 Å². The van der Waals surface area contributed by atoms with Crippen LogP contribution in [0.2, 0.25) is 0 Å². The van der Waals surface area contributed by atoms with Crippen LogP contribution in [0, 0.1) is 0 Å². The first kappa shape index (κ1) is 12.4. The molecule has 0 radical (unpaired) electrons. The van der Waals surface area contributed by atoms with Gasteiger partial charge in [0.15, 0.2) is 5.76 Å². The normalized spacial score (nSPS) is 10.6. The first-order valence-electron chi connectivity index (χ1n) is 5.73. The number of furan rings is 1. The Kier molecular flexibility index (Phi) is 3.78. The molecule has 6 heteroatoms. The molecule has 96 valence electrons. The molecular formula is C12H15N3O3. The van der Waals surface area contributed by atoms with Crippen LogP contribution in [0.15, 0.2) is 27.2 Å². The van der Waals surface area contributed by atoms with E-state index >= 15 is 0 Å². The van der Waals surface area contributed by atoms with Gasteiger partial charge < -0.3 is 19.9 Å². The number of aromatic nitrogens is 1. The molecule has 3 N–H and O–H groups in total. The lowest BCUT2D eigenvalue weighted by Gasteiger charge is -1.99. The summed E-state index contributed by atoms with van der Waals surface area (Å²) in [6, 6.07) is 3.26. The summed E-state index contributed by atoms with van der Waals surface area (Å²) in [4.78, 5) is 15.8. The minimum atomic E-state index is -0.314. The molecule has 2 aromatic heterocycles. The molecule has 0 bridgehead atoms. The third-order valence-corrected chi connectivity index (χ3v) is 2.44. The lowest BCUT2D eigenvalue weighted by Crippen LogP contribution is -2.22. The lowest BCUT2D eigenvalue weighted by atomic mass is 10.4. The summed E-state index contributed by atoms with van der Waals surface area (Å²) in [6.45, 7) is 2.48. The third-order valence-electron chi connectivity index (χ3n) is 2.44. The molecule has 0 aliphatic heterocycles. The molecule has 0 saturated carbocycles. The van der Waals surface area contributed by atoms with Crippen LogP contribution < -0.4 is 11.1 Å². The van der Waals surface area contributed by atoms with Crippen LogP contribution >= 0.6 is 0 Å². The topological polar surface area (TPSA) is 94.3 Å². The number of nitrogens with one attached hydrogen (secondary N) is 1. The van der Waals surface area contributed by atoms with Crippen molar-refractivity contribution in [2.75, 3.05) is 0 Å². The molecule has 0 saturated heterocycles. The van der Waals surface area contributed by atoms with E-state index in [1.807, 2.05) is 6.92 Å². The summed E-state index contributed by atoms with van der Waals surface area (Å²) in [7, 11) is 0. The highest BCUT2D eigenvalue weighted by atomic mass is 16.4. The third kappa shape index (κ3) is 2.78. The van der Waals surface area contributed by atoms with Crippen LogP contribution in [-0.2, 0) is 19.5 Å². The average molecular weight is 249 g/mol. The van der Waals surface area contributed by atoms with E-state index in [1.54, 1.807) is 18.3 Å². The second-order valence-electron chi connectivity index (χ2n) is 3.73. The number of nitrogens with two attached hydrogens (primary N) is 1. The smallest absolute Gasteiger partial charge is 0.287 e. The number of hydrogen-bond acceptors (Lipinski definition) is 5. The van der Waals surface area contributed by atoms with Crippen molar-refractivity contribution in [3.8, 4) is 0 Å². The first-order chi connectivity index (χ1) is 8.72. The number of hydrogen-bond donors (Lipinski definition) is 2. The highest BCUT2D eigenvalue weighted by Crippen LogP contribution is 2.08. The van der Waals surface area contributed by atoms with Gasteiger partial charge in [-0.05, 0) is 12.1 Å². The maximum Gasteiger partial charge on any atom is 0.287 e. The number of oxazole rings is 1.